The first kappa shape index (κ1) is 18.2. The van der Waals surface area contributed by atoms with Gasteiger partial charge in [0.1, 0.15) is 0 Å². The normalized spacial score (nSPS) is 15.9. The van der Waals surface area contributed by atoms with Crippen molar-refractivity contribution in [1.82, 2.24) is 19.9 Å². The van der Waals surface area contributed by atoms with Crippen molar-refractivity contribution in [2.45, 2.75) is 19.5 Å². The molecule has 0 saturated carbocycles. The van der Waals surface area contributed by atoms with Gasteiger partial charge in [0.05, 0.1) is 6.54 Å². The summed E-state index contributed by atoms with van der Waals surface area (Å²) in [5, 5.41) is 4.91. The van der Waals surface area contributed by atoms with E-state index < -0.39 is 0 Å². The molecule has 2 aromatic carbocycles. The molecule has 0 spiro atoms. The topological polar surface area (TPSA) is 45.4 Å². The van der Waals surface area contributed by atoms with Gasteiger partial charge in [0.15, 0.2) is 5.82 Å². The Morgan fingerprint density at radius 1 is 0.815 bits per heavy atom. The SMILES string of the molecule is Clc1ccc(CN2CCN(Cc3nc(Cc4ccccc4)no3)CC2)cc1. The van der Waals surface area contributed by atoms with Crippen LogP contribution in [0.1, 0.15) is 22.8 Å². The maximum atomic E-state index is 5.96. The Labute approximate surface area is 164 Å². The minimum Gasteiger partial charge on any atom is -0.338 e. The minimum absolute atomic E-state index is 0.701. The molecule has 6 heteroatoms. The van der Waals surface area contributed by atoms with Crippen molar-refractivity contribution in [2.24, 2.45) is 0 Å². The molecule has 1 fully saturated rings. The Hall–Kier alpha value is -2.21. The second-order valence-electron chi connectivity index (χ2n) is 6.95. The number of hydrogen-bond acceptors (Lipinski definition) is 5. The van der Waals surface area contributed by atoms with Crippen molar-refractivity contribution < 1.29 is 4.52 Å². The van der Waals surface area contributed by atoms with E-state index in [0.29, 0.717) is 12.3 Å². The number of piperazine rings is 1. The highest BCUT2D eigenvalue weighted by Gasteiger charge is 2.19. The van der Waals surface area contributed by atoms with Crippen LogP contribution in [0.25, 0.3) is 0 Å². The summed E-state index contributed by atoms with van der Waals surface area (Å²) in [6, 6.07) is 18.3. The van der Waals surface area contributed by atoms with E-state index in [9.17, 15) is 0 Å². The lowest BCUT2D eigenvalue weighted by molar-refractivity contribution is 0.112. The first-order chi connectivity index (χ1) is 13.2. The van der Waals surface area contributed by atoms with Crippen LogP contribution in [0.4, 0.5) is 0 Å². The lowest BCUT2D eigenvalue weighted by Gasteiger charge is -2.33. The molecule has 1 saturated heterocycles. The van der Waals surface area contributed by atoms with Crippen LogP contribution in [0, 0.1) is 0 Å². The van der Waals surface area contributed by atoms with Gasteiger partial charge in [-0.1, -0.05) is 59.2 Å². The van der Waals surface area contributed by atoms with Gasteiger partial charge in [-0.3, -0.25) is 9.80 Å². The summed E-state index contributed by atoms with van der Waals surface area (Å²) in [7, 11) is 0. The average Bonchev–Trinajstić information content (AvgIpc) is 3.13. The summed E-state index contributed by atoms with van der Waals surface area (Å²) >= 11 is 5.96. The molecule has 0 atom stereocenters. The van der Waals surface area contributed by atoms with Crippen LogP contribution in [0.3, 0.4) is 0 Å². The fourth-order valence-corrected chi connectivity index (χ4v) is 3.48. The molecule has 1 aromatic heterocycles. The van der Waals surface area contributed by atoms with E-state index in [1.807, 2.05) is 30.3 Å². The van der Waals surface area contributed by atoms with E-state index >= 15 is 0 Å². The van der Waals surface area contributed by atoms with Crippen molar-refractivity contribution in [3.63, 3.8) is 0 Å². The lowest BCUT2D eigenvalue weighted by Crippen LogP contribution is -2.45. The number of aromatic nitrogens is 2. The predicted molar refractivity (Wildman–Crippen MR) is 106 cm³/mol. The smallest absolute Gasteiger partial charge is 0.240 e. The molecule has 0 bridgehead atoms. The standard InChI is InChI=1S/C21H23ClN4O/c22-19-8-6-18(7-9-19)15-25-10-12-26(13-11-25)16-21-23-20(24-27-21)14-17-4-2-1-3-5-17/h1-9H,10-16H2. The molecule has 4 rings (SSSR count). The summed E-state index contributed by atoms with van der Waals surface area (Å²) < 4.78 is 5.44. The van der Waals surface area contributed by atoms with Gasteiger partial charge in [0.2, 0.25) is 5.89 Å². The molecule has 1 aliphatic rings. The Bertz CT molecular complexity index is 842. The van der Waals surface area contributed by atoms with Crippen molar-refractivity contribution in [1.29, 1.82) is 0 Å². The number of hydrogen-bond donors (Lipinski definition) is 0. The fourth-order valence-electron chi connectivity index (χ4n) is 3.35. The number of nitrogens with zero attached hydrogens (tertiary/aromatic N) is 4. The first-order valence-corrected chi connectivity index (χ1v) is 9.67. The highest BCUT2D eigenvalue weighted by molar-refractivity contribution is 6.30. The molecule has 0 N–H and O–H groups in total. The zero-order valence-electron chi connectivity index (χ0n) is 15.2. The van der Waals surface area contributed by atoms with E-state index in [4.69, 9.17) is 16.1 Å². The predicted octanol–water partition coefficient (Wildman–Crippen LogP) is 3.63. The molecular formula is C21H23ClN4O. The first-order valence-electron chi connectivity index (χ1n) is 9.29. The van der Waals surface area contributed by atoms with Gasteiger partial charge in [0.25, 0.3) is 0 Å². The molecular weight excluding hydrogens is 360 g/mol. The summed E-state index contributed by atoms with van der Waals surface area (Å²) in [6.07, 6.45) is 0.708. The van der Waals surface area contributed by atoms with Crippen molar-refractivity contribution in [2.75, 3.05) is 26.2 Å². The van der Waals surface area contributed by atoms with Crippen LogP contribution in [-0.2, 0) is 19.5 Å². The summed E-state index contributed by atoms with van der Waals surface area (Å²) in [5.41, 5.74) is 2.50. The van der Waals surface area contributed by atoms with E-state index in [2.05, 4.69) is 44.2 Å². The Morgan fingerprint density at radius 2 is 1.48 bits per heavy atom. The number of halogens is 1. The average molecular weight is 383 g/mol. The maximum absolute atomic E-state index is 5.96. The molecule has 2 heterocycles. The second kappa shape index (κ2) is 8.65. The van der Waals surface area contributed by atoms with Crippen molar-refractivity contribution in [3.8, 4) is 0 Å². The monoisotopic (exact) mass is 382 g/mol. The molecule has 5 nitrogen and oxygen atoms in total. The van der Waals surface area contributed by atoms with Gasteiger partial charge in [-0.25, -0.2) is 0 Å². The van der Waals surface area contributed by atoms with Gasteiger partial charge in [-0.15, -0.1) is 0 Å². The molecule has 0 unspecified atom stereocenters. The zero-order chi connectivity index (χ0) is 18.5. The van der Waals surface area contributed by atoms with Crippen LogP contribution in [-0.4, -0.2) is 46.1 Å². The lowest BCUT2D eigenvalue weighted by atomic mass is 10.1. The van der Waals surface area contributed by atoms with Crippen LogP contribution in [0.15, 0.2) is 59.1 Å². The number of rotatable bonds is 6. The largest absolute Gasteiger partial charge is 0.338 e. The number of benzene rings is 2. The van der Waals surface area contributed by atoms with Crippen LogP contribution in [0.2, 0.25) is 5.02 Å². The van der Waals surface area contributed by atoms with Crippen molar-refractivity contribution >= 4 is 11.6 Å². The molecule has 1 aliphatic heterocycles. The van der Waals surface area contributed by atoms with Crippen molar-refractivity contribution in [3.05, 3.63) is 82.5 Å². The summed E-state index contributed by atoms with van der Waals surface area (Å²) in [6.45, 7) is 5.76. The van der Waals surface area contributed by atoms with E-state index in [-0.39, 0.29) is 0 Å². The Morgan fingerprint density at radius 3 is 2.19 bits per heavy atom. The van der Waals surface area contributed by atoms with Crippen LogP contribution in [0.5, 0.6) is 0 Å². The van der Waals surface area contributed by atoms with E-state index in [1.165, 1.54) is 11.1 Å². The fraction of sp³-hybridized carbons (Fsp3) is 0.333. The summed E-state index contributed by atoms with van der Waals surface area (Å²) in [4.78, 5) is 9.39. The molecule has 27 heavy (non-hydrogen) atoms. The van der Waals surface area contributed by atoms with E-state index in [1.54, 1.807) is 0 Å². The summed E-state index contributed by atoms with van der Waals surface area (Å²) in [5.74, 6) is 1.45. The third-order valence-electron chi connectivity index (χ3n) is 4.86. The van der Waals surface area contributed by atoms with Gasteiger partial charge < -0.3 is 4.52 Å². The van der Waals surface area contributed by atoms with Gasteiger partial charge in [-0.05, 0) is 23.3 Å². The highest BCUT2D eigenvalue weighted by atomic mass is 35.5. The molecule has 0 aliphatic carbocycles. The molecule has 140 valence electrons. The minimum atomic E-state index is 0.701. The molecule has 0 amide bonds. The van der Waals surface area contributed by atoms with E-state index in [0.717, 1.165) is 50.1 Å². The van der Waals surface area contributed by atoms with Gasteiger partial charge >= 0.3 is 0 Å². The molecule has 3 aromatic rings. The van der Waals surface area contributed by atoms with Crippen LogP contribution < -0.4 is 0 Å². The second-order valence-corrected chi connectivity index (χ2v) is 7.38. The third kappa shape index (κ3) is 5.16. The quantitative estimate of drug-likeness (QED) is 0.651. The third-order valence-corrected chi connectivity index (χ3v) is 5.11. The Kier molecular flexibility index (Phi) is 5.82. The highest BCUT2D eigenvalue weighted by Crippen LogP contribution is 2.14. The van der Waals surface area contributed by atoms with Crippen LogP contribution >= 0.6 is 11.6 Å². The Balaban J connectivity index is 1.25. The maximum Gasteiger partial charge on any atom is 0.240 e. The van der Waals surface area contributed by atoms with Gasteiger partial charge in [-0.2, -0.15) is 4.98 Å². The van der Waals surface area contributed by atoms with Gasteiger partial charge in [0, 0.05) is 44.2 Å². The zero-order valence-corrected chi connectivity index (χ0v) is 16.0. The molecule has 0 radical (unpaired) electrons.